The van der Waals surface area contributed by atoms with Crippen molar-refractivity contribution in [1.82, 2.24) is 0 Å². The van der Waals surface area contributed by atoms with Crippen molar-refractivity contribution in [2.45, 2.75) is 39.2 Å². The van der Waals surface area contributed by atoms with Crippen LogP contribution >= 0.6 is 47.0 Å². The van der Waals surface area contributed by atoms with Crippen molar-refractivity contribution >= 4 is 127 Å². The lowest BCUT2D eigenvalue weighted by atomic mass is 9.33. The van der Waals surface area contributed by atoms with Gasteiger partial charge in [0, 0.05) is 40.7 Å². The molecule has 0 spiro atoms. The van der Waals surface area contributed by atoms with Gasteiger partial charge in [-0.1, -0.05) is 184 Å². The van der Waals surface area contributed by atoms with E-state index >= 15 is 0 Å². The molecule has 0 radical (unpaired) electrons. The number of fused-ring (bicyclic) bond motifs is 12. The first kappa shape index (κ1) is 44.8. The van der Waals surface area contributed by atoms with Gasteiger partial charge in [0.05, 0.1) is 32.5 Å². The number of hydrogen-bond donors (Lipinski definition) is 0. The molecule has 17 rings (SSSR count). The van der Waals surface area contributed by atoms with Crippen molar-refractivity contribution in [2.24, 2.45) is 0 Å². The molecule has 0 bridgehead atoms. The van der Waals surface area contributed by atoms with E-state index in [4.69, 9.17) is 18.9 Å². The lowest BCUT2D eigenvalue weighted by Crippen LogP contribution is -2.62. The molecule has 0 unspecified atom stereocenters. The van der Waals surface area contributed by atoms with Crippen LogP contribution in [-0.2, 0) is 0 Å². The van der Waals surface area contributed by atoms with Gasteiger partial charge in [-0.05, 0) is 126 Å². The van der Waals surface area contributed by atoms with E-state index in [0.717, 1.165) is 89.9 Å². The molecule has 0 aliphatic carbocycles. The summed E-state index contributed by atoms with van der Waals surface area (Å²) in [5, 5.41) is 0. The van der Waals surface area contributed by atoms with Crippen LogP contribution in [0.5, 0.6) is 46.0 Å². The number of hydrogen-bond acceptors (Lipinski definition) is 10. The first-order valence-corrected chi connectivity index (χ1v) is 29.2. The van der Waals surface area contributed by atoms with E-state index in [1.807, 2.05) is 132 Å². The molecule has 0 saturated heterocycles. The number of anilines is 6. The molecule has 6 aliphatic rings. The molecular weight excluding hydrogens is 1030 g/mol. The molecule has 366 valence electrons. The molecule has 6 nitrogen and oxygen atoms in total. The van der Waals surface area contributed by atoms with Crippen LogP contribution in [0.2, 0.25) is 0 Å². The number of rotatable bonds is 6. The summed E-state index contributed by atoms with van der Waals surface area (Å²) in [5.74, 6) is 6.62. The van der Waals surface area contributed by atoms with Gasteiger partial charge in [-0.3, -0.25) is 0 Å². The maximum absolute atomic E-state index is 6.85. The molecule has 78 heavy (non-hydrogen) atoms. The van der Waals surface area contributed by atoms with Gasteiger partial charge in [-0.15, -0.1) is 0 Å². The number of benzene rings is 11. The van der Waals surface area contributed by atoms with Gasteiger partial charge in [-0.2, -0.15) is 0 Å². The quantitative estimate of drug-likeness (QED) is 0.150. The Morgan fingerprint density at radius 3 is 1.06 bits per heavy atom. The van der Waals surface area contributed by atoms with Crippen LogP contribution in [0.25, 0.3) is 0 Å². The van der Waals surface area contributed by atoms with E-state index < -0.39 is 0 Å². The fourth-order valence-corrected chi connectivity index (χ4v) is 17.2. The van der Waals surface area contributed by atoms with Crippen LogP contribution in [0.4, 0.5) is 34.1 Å². The Morgan fingerprint density at radius 2 is 0.667 bits per heavy atom. The molecule has 6 aliphatic heterocycles. The molecular formula is C66H38B2N2O4S4. The highest BCUT2D eigenvalue weighted by Crippen LogP contribution is 2.55. The zero-order chi connectivity index (χ0) is 51.0. The van der Waals surface area contributed by atoms with Gasteiger partial charge in [0.25, 0.3) is 0 Å². The molecule has 0 N–H and O–H groups in total. The lowest BCUT2D eigenvalue weighted by molar-refractivity contribution is 0.471. The Labute approximate surface area is 468 Å². The average molecular weight is 1070 g/mol. The van der Waals surface area contributed by atoms with E-state index in [-0.39, 0.29) is 13.4 Å². The van der Waals surface area contributed by atoms with Gasteiger partial charge >= 0.3 is 0 Å². The Balaban J connectivity index is 0.877. The third-order valence-electron chi connectivity index (χ3n) is 15.3. The van der Waals surface area contributed by atoms with Crippen molar-refractivity contribution in [2.75, 3.05) is 9.80 Å². The molecule has 12 heteroatoms. The highest BCUT2D eigenvalue weighted by atomic mass is 32.2. The topological polar surface area (TPSA) is 43.4 Å². The minimum absolute atomic E-state index is 0.0645. The summed E-state index contributed by atoms with van der Waals surface area (Å²) in [6.07, 6.45) is 0. The SMILES string of the molecule is c1ccc(Oc2cccc3c2Sc2cc(N4c5ccccc5Oc5ccccc54)cc4c2B3c2cc3c(cc2S4)Sc2cc(N4c5ccccc5Oc5ccccc54)cc4c2B3c2cccc(Oc3ccccc3)c2S4)cc1. The van der Waals surface area contributed by atoms with Crippen LogP contribution in [0.3, 0.4) is 0 Å². The van der Waals surface area contributed by atoms with E-state index in [0.29, 0.717) is 0 Å². The number of para-hydroxylation sites is 10. The summed E-state index contributed by atoms with van der Waals surface area (Å²) < 4.78 is 26.8. The van der Waals surface area contributed by atoms with Gasteiger partial charge in [-0.25, -0.2) is 0 Å². The highest BCUT2D eigenvalue weighted by molar-refractivity contribution is 8.02. The maximum atomic E-state index is 6.85. The third kappa shape index (κ3) is 6.99. The Bertz CT molecular complexity index is 3990. The zero-order valence-corrected chi connectivity index (χ0v) is 44.5. The zero-order valence-electron chi connectivity index (χ0n) is 41.3. The largest absolute Gasteiger partial charge is 0.456 e. The fraction of sp³-hybridized carbons (Fsp3) is 0. The second kappa shape index (κ2) is 17.6. The van der Waals surface area contributed by atoms with Crippen molar-refractivity contribution < 1.29 is 18.9 Å². The summed E-state index contributed by atoms with van der Waals surface area (Å²) in [6.45, 7) is -0.129. The average Bonchev–Trinajstić information content (AvgIpc) is 3.54. The second-order valence-corrected chi connectivity index (χ2v) is 24.1. The van der Waals surface area contributed by atoms with Crippen LogP contribution in [0.15, 0.2) is 270 Å². The van der Waals surface area contributed by atoms with E-state index in [1.54, 1.807) is 0 Å². The molecule has 11 aromatic rings. The molecule has 0 saturated carbocycles. The fourth-order valence-electron chi connectivity index (χ4n) is 12.1. The number of ether oxygens (including phenoxy) is 4. The van der Waals surface area contributed by atoms with E-state index in [1.165, 1.54) is 62.1 Å². The molecule has 6 heterocycles. The van der Waals surface area contributed by atoms with Crippen molar-refractivity contribution in [3.63, 3.8) is 0 Å². The second-order valence-electron chi connectivity index (χ2n) is 19.8. The molecule has 0 aromatic heterocycles. The van der Waals surface area contributed by atoms with E-state index in [2.05, 4.69) is 155 Å². The van der Waals surface area contributed by atoms with Crippen LogP contribution < -0.4 is 61.5 Å². The van der Waals surface area contributed by atoms with Crippen LogP contribution in [-0.4, -0.2) is 13.4 Å². The minimum Gasteiger partial charge on any atom is -0.456 e. The number of nitrogens with zero attached hydrogens (tertiary/aromatic N) is 2. The third-order valence-corrected chi connectivity index (χ3v) is 20.0. The summed E-state index contributed by atoms with van der Waals surface area (Å²) in [5.41, 5.74) is 14.0. The van der Waals surface area contributed by atoms with Crippen LogP contribution in [0.1, 0.15) is 0 Å². The first-order valence-electron chi connectivity index (χ1n) is 25.9. The monoisotopic (exact) mass is 1070 g/mol. The Kier molecular flexibility index (Phi) is 10.1. The van der Waals surface area contributed by atoms with E-state index in [9.17, 15) is 0 Å². The summed E-state index contributed by atoms with van der Waals surface area (Å²) >= 11 is 7.41. The highest BCUT2D eigenvalue weighted by Gasteiger charge is 2.45. The normalized spacial score (nSPS) is 14.1. The molecule has 0 amide bonds. The first-order chi connectivity index (χ1) is 38.6. The van der Waals surface area contributed by atoms with Gasteiger partial charge in [0.1, 0.15) is 23.0 Å². The summed E-state index contributed by atoms with van der Waals surface area (Å²) in [7, 11) is 0. The summed E-state index contributed by atoms with van der Waals surface area (Å²) in [4.78, 5) is 14.4. The lowest BCUT2D eigenvalue weighted by Gasteiger charge is -2.39. The predicted octanol–water partition coefficient (Wildman–Crippen LogP) is 15.3. The van der Waals surface area contributed by atoms with Crippen molar-refractivity contribution in [1.29, 1.82) is 0 Å². The maximum Gasteiger partial charge on any atom is 0.247 e. The summed E-state index contributed by atoms with van der Waals surface area (Å²) in [6, 6.07) is 81.6. The van der Waals surface area contributed by atoms with Crippen LogP contribution in [0, 0.1) is 0 Å². The Morgan fingerprint density at radius 1 is 0.308 bits per heavy atom. The van der Waals surface area contributed by atoms with Crippen molar-refractivity contribution in [3.8, 4) is 46.0 Å². The smallest absolute Gasteiger partial charge is 0.247 e. The minimum atomic E-state index is -0.0645. The predicted molar refractivity (Wildman–Crippen MR) is 321 cm³/mol. The Hall–Kier alpha value is -8.25. The molecule has 11 aromatic carbocycles. The van der Waals surface area contributed by atoms with Crippen molar-refractivity contribution in [3.05, 3.63) is 231 Å². The van der Waals surface area contributed by atoms with Gasteiger partial charge in [0.2, 0.25) is 13.4 Å². The molecule has 0 fully saturated rings. The standard InChI is InChI=1S/C66H38B2N2O4S4/c1-3-17-41(18-4-1)71-55-31-15-21-43-65(55)77-61-35-39(69-47-23-7-11-27-51(47)73-52-28-12-8-24-48(52)69)33-59-63(61)67(43)45-37-46-58(38-57(45)75-59)76-60-34-40(70-49-25-9-13-29-53(49)74-54-30-14-10-26-50(54)70)36-62-64(60)68(46)44-22-16-32-56(66(44)78-62)72-42-19-5-2-6-20-42/h1-38H. The van der Waals surface area contributed by atoms with Gasteiger partial charge < -0.3 is 28.7 Å². The molecule has 0 atom stereocenters. The van der Waals surface area contributed by atoms with Gasteiger partial charge in [0.15, 0.2) is 23.0 Å².